The molecule has 4 rings (SSSR count). The minimum Gasteiger partial charge on any atom is -0.508 e. The fourth-order valence-corrected chi connectivity index (χ4v) is 3.24. The lowest BCUT2D eigenvalue weighted by atomic mass is 10.0. The maximum atomic E-state index is 10.3. The highest BCUT2D eigenvalue weighted by Gasteiger charge is 2.10. The van der Waals surface area contributed by atoms with Gasteiger partial charge in [0.05, 0.1) is 11.3 Å². The minimum absolute atomic E-state index is 0.0659. The highest BCUT2D eigenvalue weighted by Crippen LogP contribution is 2.29. The number of phenolic OH excluding ortho intramolecular Hbond substituents is 1. The Kier molecular flexibility index (Phi) is 4.49. The molecule has 0 unspecified atom stereocenters. The number of rotatable bonds is 4. The van der Waals surface area contributed by atoms with Crippen molar-refractivity contribution < 1.29 is 10.2 Å². The largest absolute Gasteiger partial charge is 0.508 e. The van der Waals surface area contributed by atoms with E-state index in [1.807, 2.05) is 55.5 Å². The van der Waals surface area contributed by atoms with Crippen LogP contribution in [0.2, 0.25) is 0 Å². The lowest BCUT2D eigenvalue weighted by molar-refractivity contribution is 0.457. The quantitative estimate of drug-likeness (QED) is 0.306. The van der Waals surface area contributed by atoms with Crippen LogP contribution in [-0.4, -0.2) is 21.4 Å². The lowest BCUT2D eigenvalue weighted by Gasteiger charge is -2.04. The number of nitrogen functional groups attached to an aromatic ring is 1. The van der Waals surface area contributed by atoms with Gasteiger partial charge < -0.3 is 20.9 Å². The lowest BCUT2D eigenvalue weighted by Crippen LogP contribution is -1.91. The molecule has 0 atom stereocenters. The van der Waals surface area contributed by atoms with Crippen molar-refractivity contribution in [2.24, 2.45) is 4.99 Å². The van der Waals surface area contributed by atoms with Gasteiger partial charge >= 0.3 is 0 Å². The van der Waals surface area contributed by atoms with Crippen molar-refractivity contribution in [1.82, 2.24) is 4.98 Å². The number of phenols is 1. The van der Waals surface area contributed by atoms with Crippen LogP contribution in [0.25, 0.3) is 10.9 Å². The highest BCUT2D eigenvalue weighted by molar-refractivity contribution is 6.02. The summed E-state index contributed by atoms with van der Waals surface area (Å²) in [6, 6.07) is 19.1. The number of nitrogens with two attached hydrogens (primary N) is 1. The van der Waals surface area contributed by atoms with E-state index in [9.17, 15) is 10.2 Å². The summed E-state index contributed by atoms with van der Waals surface area (Å²) in [6.45, 7) is 1.83. The molecule has 5 heteroatoms. The van der Waals surface area contributed by atoms with Crippen LogP contribution in [0.5, 0.6) is 11.6 Å². The Morgan fingerprint density at radius 3 is 2.61 bits per heavy atom. The van der Waals surface area contributed by atoms with Gasteiger partial charge in [-0.1, -0.05) is 24.3 Å². The van der Waals surface area contributed by atoms with Gasteiger partial charge in [-0.25, -0.2) is 0 Å². The zero-order valence-corrected chi connectivity index (χ0v) is 15.5. The summed E-state index contributed by atoms with van der Waals surface area (Å²) in [4.78, 5) is 7.38. The number of anilines is 1. The number of aliphatic imine (C=N–C) groups is 1. The molecule has 28 heavy (non-hydrogen) atoms. The molecular formula is C23H21N3O2. The highest BCUT2D eigenvalue weighted by atomic mass is 16.3. The number of hydrogen-bond donors (Lipinski definition) is 4. The third kappa shape index (κ3) is 3.55. The van der Waals surface area contributed by atoms with E-state index in [2.05, 4.69) is 9.98 Å². The molecule has 140 valence electrons. The molecule has 0 radical (unpaired) electrons. The SMILES string of the molecule is Cc1ccc(N=Cc2c(O)[nH]c3ccc(Cc4cccc(N)c4)cc23)cc1O. The van der Waals surface area contributed by atoms with Gasteiger partial charge in [-0.15, -0.1) is 0 Å². The number of aromatic nitrogens is 1. The second-order valence-electron chi connectivity index (χ2n) is 6.92. The summed E-state index contributed by atoms with van der Waals surface area (Å²) in [5.74, 6) is 0.262. The van der Waals surface area contributed by atoms with Crippen LogP contribution in [0.1, 0.15) is 22.3 Å². The first-order valence-electron chi connectivity index (χ1n) is 9.01. The molecule has 0 saturated heterocycles. The number of H-pyrrole nitrogens is 1. The van der Waals surface area contributed by atoms with Crippen molar-refractivity contribution in [2.45, 2.75) is 13.3 Å². The molecule has 5 N–H and O–H groups in total. The number of aromatic hydroxyl groups is 2. The van der Waals surface area contributed by atoms with Gasteiger partial charge in [0.1, 0.15) is 5.75 Å². The number of aromatic amines is 1. The van der Waals surface area contributed by atoms with Gasteiger partial charge in [0.25, 0.3) is 0 Å². The third-order valence-electron chi connectivity index (χ3n) is 4.78. The van der Waals surface area contributed by atoms with Crippen LogP contribution in [0.15, 0.2) is 65.7 Å². The topological polar surface area (TPSA) is 94.6 Å². The van der Waals surface area contributed by atoms with Crippen molar-refractivity contribution in [3.05, 3.63) is 82.9 Å². The van der Waals surface area contributed by atoms with Crippen molar-refractivity contribution in [3.63, 3.8) is 0 Å². The maximum absolute atomic E-state index is 10.3. The number of aryl methyl sites for hydroxylation is 1. The van der Waals surface area contributed by atoms with E-state index in [1.54, 1.807) is 18.3 Å². The first kappa shape index (κ1) is 17.7. The number of benzene rings is 3. The van der Waals surface area contributed by atoms with E-state index in [1.165, 1.54) is 0 Å². The Labute approximate surface area is 162 Å². The normalized spacial score (nSPS) is 11.5. The van der Waals surface area contributed by atoms with E-state index in [-0.39, 0.29) is 11.6 Å². The summed E-state index contributed by atoms with van der Waals surface area (Å²) in [6.07, 6.45) is 2.36. The van der Waals surface area contributed by atoms with Gasteiger partial charge in [-0.05, 0) is 60.4 Å². The van der Waals surface area contributed by atoms with E-state index in [0.29, 0.717) is 11.3 Å². The van der Waals surface area contributed by atoms with Crippen LogP contribution >= 0.6 is 0 Å². The molecule has 0 spiro atoms. The minimum atomic E-state index is 0.0659. The predicted octanol–water partition coefficient (Wildman–Crippen LogP) is 4.81. The number of nitrogens with one attached hydrogen (secondary N) is 1. The summed E-state index contributed by atoms with van der Waals surface area (Å²) in [5, 5.41) is 21.0. The van der Waals surface area contributed by atoms with Crippen molar-refractivity contribution >= 4 is 28.5 Å². The standard InChI is InChI=1S/C23H21N3O2/c1-14-5-7-18(12-22(14)27)25-13-20-19-11-16(6-8-21(19)26-23(20)28)9-15-3-2-4-17(24)10-15/h2-8,10-13,26-28H,9,24H2,1H3. The summed E-state index contributed by atoms with van der Waals surface area (Å²) in [5.41, 5.74) is 11.7. The zero-order valence-electron chi connectivity index (χ0n) is 15.5. The monoisotopic (exact) mass is 371 g/mol. The molecule has 1 heterocycles. The Hall–Kier alpha value is -3.73. The van der Waals surface area contributed by atoms with Crippen LogP contribution in [-0.2, 0) is 6.42 Å². The Bertz CT molecular complexity index is 1190. The average Bonchev–Trinajstić information content (AvgIpc) is 2.97. The fraction of sp³-hybridized carbons (Fsp3) is 0.0870. The molecular weight excluding hydrogens is 350 g/mol. The predicted molar refractivity (Wildman–Crippen MR) is 114 cm³/mol. The van der Waals surface area contributed by atoms with Crippen LogP contribution in [0, 0.1) is 6.92 Å². The molecule has 5 nitrogen and oxygen atoms in total. The summed E-state index contributed by atoms with van der Waals surface area (Å²) >= 11 is 0. The molecule has 0 amide bonds. The van der Waals surface area contributed by atoms with Gasteiger partial charge in [-0.2, -0.15) is 0 Å². The first-order valence-corrected chi connectivity index (χ1v) is 9.01. The third-order valence-corrected chi connectivity index (χ3v) is 4.78. The maximum Gasteiger partial charge on any atom is 0.198 e. The van der Waals surface area contributed by atoms with E-state index < -0.39 is 0 Å². The molecule has 0 bridgehead atoms. The molecule has 0 aliphatic heterocycles. The molecule has 3 aromatic carbocycles. The zero-order chi connectivity index (χ0) is 19.7. The molecule has 0 saturated carbocycles. The van der Waals surface area contributed by atoms with Gasteiger partial charge in [0.2, 0.25) is 0 Å². The average molecular weight is 371 g/mol. The fourth-order valence-electron chi connectivity index (χ4n) is 3.24. The van der Waals surface area contributed by atoms with E-state index >= 15 is 0 Å². The number of nitrogens with zero attached hydrogens (tertiary/aromatic N) is 1. The number of hydrogen-bond acceptors (Lipinski definition) is 4. The Balaban J connectivity index is 1.68. The Morgan fingerprint density at radius 2 is 1.82 bits per heavy atom. The van der Waals surface area contributed by atoms with Gasteiger partial charge in [0.15, 0.2) is 5.88 Å². The Morgan fingerprint density at radius 1 is 1.00 bits per heavy atom. The number of fused-ring (bicyclic) bond motifs is 1. The summed E-state index contributed by atoms with van der Waals surface area (Å²) in [7, 11) is 0. The second kappa shape index (κ2) is 7.12. The molecule has 0 aliphatic carbocycles. The molecule has 0 fully saturated rings. The van der Waals surface area contributed by atoms with Crippen molar-refractivity contribution in [1.29, 1.82) is 0 Å². The first-order chi connectivity index (χ1) is 13.5. The summed E-state index contributed by atoms with van der Waals surface area (Å²) < 4.78 is 0. The molecule has 4 aromatic rings. The second-order valence-corrected chi connectivity index (χ2v) is 6.92. The molecule has 1 aromatic heterocycles. The van der Waals surface area contributed by atoms with E-state index in [4.69, 9.17) is 5.73 Å². The van der Waals surface area contributed by atoms with E-state index in [0.717, 1.165) is 39.7 Å². The van der Waals surface area contributed by atoms with Crippen LogP contribution in [0.4, 0.5) is 11.4 Å². The smallest absolute Gasteiger partial charge is 0.198 e. The molecule has 0 aliphatic rings. The van der Waals surface area contributed by atoms with Crippen molar-refractivity contribution in [2.75, 3.05) is 5.73 Å². The van der Waals surface area contributed by atoms with Crippen molar-refractivity contribution in [3.8, 4) is 11.6 Å². The van der Waals surface area contributed by atoms with Gasteiger partial charge in [0, 0.05) is 28.9 Å². The van der Waals surface area contributed by atoms with Crippen LogP contribution < -0.4 is 5.73 Å². The van der Waals surface area contributed by atoms with Crippen LogP contribution in [0.3, 0.4) is 0 Å². The van der Waals surface area contributed by atoms with Gasteiger partial charge in [-0.3, -0.25) is 4.99 Å².